The van der Waals surface area contributed by atoms with E-state index in [4.69, 9.17) is 5.73 Å². The highest BCUT2D eigenvalue weighted by Crippen LogP contribution is 2.35. The molecule has 26 heavy (non-hydrogen) atoms. The lowest BCUT2D eigenvalue weighted by Crippen LogP contribution is -2.16. The van der Waals surface area contributed by atoms with Crippen LogP contribution < -0.4 is 10.5 Å². The molecule has 0 aliphatic carbocycles. The molecule has 3 N–H and O–H groups in total. The number of hydrogen-bond acceptors (Lipinski definition) is 2. The number of aryl methyl sites for hydroxylation is 1. The Morgan fingerprint density at radius 2 is 1.77 bits per heavy atom. The third-order valence-electron chi connectivity index (χ3n) is 4.12. The van der Waals surface area contributed by atoms with E-state index in [0.717, 1.165) is 51.5 Å². The Kier molecular flexibility index (Phi) is 5.58. The summed E-state index contributed by atoms with van der Waals surface area (Å²) in [6.07, 6.45) is -2.28. The van der Waals surface area contributed by atoms with Crippen molar-refractivity contribution in [3.63, 3.8) is 0 Å². The van der Waals surface area contributed by atoms with Crippen LogP contribution in [0.1, 0.15) is 18.4 Å². The minimum absolute atomic E-state index is 0.216. The summed E-state index contributed by atoms with van der Waals surface area (Å²) in [6.45, 7) is 0.582. The van der Waals surface area contributed by atoms with Crippen LogP contribution in [0.4, 0.5) is 13.2 Å². The number of nitrogens with one attached hydrogen (secondary N) is 1. The van der Waals surface area contributed by atoms with E-state index in [-0.39, 0.29) is 5.75 Å². The number of aromatic amines is 1. The number of nitrogens with two attached hydrogens (primary N) is 1. The van der Waals surface area contributed by atoms with E-state index in [1.165, 1.54) is 12.1 Å². The number of halogens is 4. The number of H-pyrrole nitrogens is 1. The summed E-state index contributed by atoms with van der Waals surface area (Å²) >= 11 is 3.41. The first-order chi connectivity index (χ1) is 12.4. The van der Waals surface area contributed by atoms with Gasteiger partial charge in [0, 0.05) is 21.1 Å². The lowest BCUT2D eigenvalue weighted by molar-refractivity contribution is -0.274. The maximum absolute atomic E-state index is 12.6. The van der Waals surface area contributed by atoms with Gasteiger partial charge in [-0.1, -0.05) is 28.1 Å². The molecule has 3 aromatic rings. The summed E-state index contributed by atoms with van der Waals surface area (Å²) in [4.78, 5) is 3.33. The average molecular weight is 427 g/mol. The number of rotatable bonds is 6. The Hall–Kier alpha value is -1.99. The van der Waals surface area contributed by atoms with Gasteiger partial charge < -0.3 is 15.5 Å². The Balaban J connectivity index is 2.07. The molecule has 0 aliphatic rings. The zero-order valence-electron chi connectivity index (χ0n) is 13.9. The summed E-state index contributed by atoms with van der Waals surface area (Å²) < 4.78 is 42.7. The van der Waals surface area contributed by atoms with Crippen molar-refractivity contribution in [1.29, 1.82) is 0 Å². The zero-order valence-corrected chi connectivity index (χ0v) is 15.5. The number of fused-ring (bicyclic) bond motifs is 1. The highest BCUT2D eigenvalue weighted by atomic mass is 79.9. The summed E-state index contributed by atoms with van der Waals surface area (Å²) in [5.74, 6) is -0.216. The molecule has 0 atom stereocenters. The highest BCUT2D eigenvalue weighted by Gasteiger charge is 2.31. The SMILES string of the molecule is NCCCCc1c(-c2ccc(Br)cc2)[nH]c2ccc(OC(F)(F)F)cc12. The molecule has 0 saturated carbocycles. The van der Waals surface area contributed by atoms with Crippen LogP contribution in [0, 0.1) is 0 Å². The molecule has 0 radical (unpaired) electrons. The van der Waals surface area contributed by atoms with Crippen LogP contribution in [-0.2, 0) is 6.42 Å². The van der Waals surface area contributed by atoms with Gasteiger partial charge in [-0.2, -0.15) is 0 Å². The van der Waals surface area contributed by atoms with Gasteiger partial charge in [0.15, 0.2) is 0 Å². The van der Waals surface area contributed by atoms with Crippen molar-refractivity contribution in [1.82, 2.24) is 4.98 Å². The second-order valence-electron chi connectivity index (χ2n) is 5.99. The fourth-order valence-electron chi connectivity index (χ4n) is 2.99. The topological polar surface area (TPSA) is 51.0 Å². The van der Waals surface area contributed by atoms with Crippen LogP contribution in [0.25, 0.3) is 22.2 Å². The summed E-state index contributed by atoms with van der Waals surface area (Å²) in [5, 5.41) is 0.738. The first-order valence-electron chi connectivity index (χ1n) is 8.24. The van der Waals surface area contributed by atoms with E-state index in [0.29, 0.717) is 6.54 Å². The maximum Gasteiger partial charge on any atom is 0.573 e. The molecule has 0 saturated heterocycles. The van der Waals surface area contributed by atoms with Crippen molar-refractivity contribution < 1.29 is 17.9 Å². The molecule has 0 aliphatic heterocycles. The number of alkyl halides is 3. The molecule has 7 heteroatoms. The largest absolute Gasteiger partial charge is 0.573 e. The molecular weight excluding hydrogens is 409 g/mol. The van der Waals surface area contributed by atoms with E-state index in [9.17, 15) is 13.2 Å². The lowest BCUT2D eigenvalue weighted by atomic mass is 10.0. The number of aromatic nitrogens is 1. The predicted molar refractivity (Wildman–Crippen MR) is 100 cm³/mol. The van der Waals surface area contributed by atoms with E-state index in [1.807, 2.05) is 24.3 Å². The average Bonchev–Trinajstić information content (AvgIpc) is 2.92. The van der Waals surface area contributed by atoms with E-state index in [2.05, 4.69) is 25.7 Å². The Morgan fingerprint density at radius 1 is 1.04 bits per heavy atom. The lowest BCUT2D eigenvalue weighted by Gasteiger charge is -2.09. The van der Waals surface area contributed by atoms with Gasteiger partial charge in [-0.25, -0.2) is 0 Å². The van der Waals surface area contributed by atoms with E-state index < -0.39 is 6.36 Å². The van der Waals surface area contributed by atoms with Gasteiger partial charge >= 0.3 is 6.36 Å². The number of hydrogen-bond donors (Lipinski definition) is 2. The summed E-state index contributed by atoms with van der Waals surface area (Å²) in [5.41, 5.74) is 9.22. The molecule has 1 aromatic heterocycles. The second-order valence-corrected chi connectivity index (χ2v) is 6.90. The molecule has 138 valence electrons. The second kappa shape index (κ2) is 7.72. The normalized spacial score (nSPS) is 11.9. The molecule has 0 spiro atoms. The molecule has 0 amide bonds. The van der Waals surface area contributed by atoms with Gasteiger partial charge in [-0.05, 0) is 67.3 Å². The molecule has 1 heterocycles. The Labute approximate surface area is 157 Å². The molecule has 2 aromatic carbocycles. The standard InChI is InChI=1S/C19H18BrF3N2O/c20-13-6-4-12(5-7-13)18-15(3-1-2-10-24)16-11-14(26-19(21,22)23)8-9-17(16)25-18/h4-9,11,25H,1-3,10,24H2. The highest BCUT2D eigenvalue weighted by molar-refractivity contribution is 9.10. The zero-order chi connectivity index (χ0) is 18.7. The Bertz CT molecular complexity index is 888. The summed E-state index contributed by atoms with van der Waals surface area (Å²) in [6, 6.07) is 12.2. The van der Waals surface area contributed by atoms with Gasteiger partial charge in [-0.3, -0.25) is 0 Å². The molecule has 0 bridgehead atoms. The van der Waals surface area contributed by atoms with Crippen molar-refractivity contribution in [2.24, 2.45) is 5.73 Å². The van der Waals surface area contributed by atoms with Crippen molar-refractivity contribution in [3.05, 3.63) is 52.5 Å². The van der Waals surface area contributed by atoms with Gasteiger partial charge in [-0.15, -0.1) is 13.2 Å². The molecule has 0 fully saturated rings. The van der Waals surface area contributed by atoms with E-state index >= 15 is 0 Å². The number of benzene rings is 2. The van der Waals surface area contributed by atoms with Crippen molar-refractivity contribution in [3.8, 4) is 17.0 Å². The molecule has 0 unspecified atom stereocenters. The van der Waals surface area contributed by atoms with Crippen LogP contribution in [0.15, 0.2) is 46.9 Å². The smallest absolute Gasteiger partial charge is 0.406 e. The van der Waals surface area contributed by atoms with Gasteiger partial charge in [0.2, 0.25) is 0 Å². The van der Waals surface area contributed by atoms with Gasteiger partial charge in [0.1, 0.15) is 5.75 Å². The van der Waals surface area contributed by atoms with Crippen LogP contribution in [0.3, 0.4) is 0 Å². The maximum atomic E-state index is 12.6. The van der Waals surface area contributed by atoms with Crippen LogP contribution >= 0.6 is 15.9 Å². The quantitative estimate of drug-likeness (QED) is 0.491. The van der Waals surface area contributed by atoms with E-state index in [1.54, 1.807) is 6.07 Å². The monoisotopic (exact) mass is 426 g/mol. The molecule has 3 nitrogen and oxygen atoms in total. The van der Waals surface area contributed by atoms with Crippen molar-refractivity contribution in [2.75, 3.05) is 6.54 Å². The molecular formula is C19H18BrF3N2O. The van der Waals surface area contributed by atoms with Gasteiger partial charge in [0.25, 0.3) is 0 Å². The summed E-state index contributed by atoms with van der Waals surface area (Å²) in [7, 11) is 0. The minimum Gasteiger partial charge on any atom is -0.406 e. The predicted octanol–water partition coefficient (Wildman–Crippen LogP) is 5.78. The fraction of sp³-hybridized carbons (Fsp3) is 0.263. The van der Waals surface area contributed by atoms with Crippen LogP contribution in [0.2, 0.25) is 0 Å². The molecule has 3 rings (SSSR count). The minimum atomic E-state index is -4.71. The van der Waals surface area contributed by atoms with Crippen LogP contribution in [0.5, 0.6) is 5.75 Å². The number of ether oxygens (including phenoxy) is 1. The first kappa shape index (κ1) is 18.8. The first-order valence-corrected chi connectivity index (χ1v) is 9.03. The van der Waals surface area contributed by atoms with Crippen molar-refractivity contribution in [2.45, 2.75) is 25.6 Å². The third kappa shape index (κ3) is 4.40. The van der Waals surface area contributed by atoms with Gasteiger partial charge in [0.05, 0.1) is 0 Å². The van der Waals surface area contributed by atoms with Crippen molar-refractivity contribution >= 4 is 26.8 Å². The fourth-order valence-corrected chi connectivity index (χ4v) is 3.26. The number of unbranched alkanes of at least 4 members (excludes halogenated alkanes) is 1. The third-order valence-corrected chi connectivity index (χ3v) is 4.65. The Morgan fingerprint density at radius 3 is 2.42 bits per heavy atom. The van der Waals surface area contributed by atoms with Crippen LogP contribution in [-0.4, -0.2) is 17.9 Å².